The van der Waals surface area contributed by atoms with Crippen LogP contribution in [0.4, 0.5) is 13.2 Å². The average Bonchev–Trinajstić information content (AvgIpc) is 2.54. The van der Waals surface area contributed by atoms with Crippen LogP contribution in [0.2, 0.25) is 8.67 Å². The molecule has 1 aromatic rings. The number of hydrogen-bond acceptors (Lipinski definition) is 3. The van der Waals surface area contributed by atoms with E-state index in [1.807, 2.05) is 0 Å². The lowest BCUT2D eigenvalue weighted by molar-refractivity contribution is -0.141. The second kappa shape index (κ2) is 6.10. The summed E-state index contributed by atoms with van der Waals surface area (Å²) < 4.78 is 37.1. The molecule has 3 nitrogen and oxygen atoms in total. The molecule has 1 N–H and O–H groups in total. The van der Waals surface area contributed by atoms with Gasteiger partial charge in [-0.1, -0.05) is 23.2 Å². The van der Waals surface area contributed by atoms with Crippen molar-refractivity contribution in [2.45, 2.75) is 6.18 Å². The Morgan fingerprint density at radius 1 is 1.44 bits per heavy atom. The second-order valence-corrected chi connectivity index (χ2v) is 5.59. The van der Waals surface area contributed by atoms with Crippen LogP contribution in [0.25, 0.3) is 0 Å². The average molecular weight is 322 g/mol. The molecule has 1 amide bonds. The van der Waals surface area contributed by atoms with Crippen molar-refractivity contribution >= 4 is 40.4 Å². The Balaban J connectivity index is 2.92. The van der Waals surface area contributed by atoms with E-state index in [0.717, 1.165) is 11.3 Å². The quantitative estimate of drug-likeness (QED) is 0.926. The van der Waals surface area contributed by atoms with Gasteiger partial charge in [-0.3, -0.25) is 4.79 Å². The Labute approximate surface area is 115 Å². The monoisotopic (exact) mass is 321 g/mol. The van der Waals surface area contributed by atoms with Crippen LogP contribution in [-0.4, -0.2) is 41.8 Å². The number of nitrogens with zero attached hydrogens (tertiary/aromatic N) is 1. The summed E-state index contributed by atoms with van der Waals surface area (Å²) in [4.78, 5) is 12.3. The molecule has 1 rings (SSSR count). The molecule has 18 heavy (non-hydrogen) atoms. The van der Waals surface area contributed by atoms with Gasteiger partial charge in [0.15, 0.2) is 0 Å². The Hall–Kier alpha value is -0.500. The lowest BCUT2D eigenvalue weighted by Gasteiger charge is -2.22. The van der Waals surface area contributed by atoms with Gasteiger partial charge in [0.2, 0.25) is 0 Å². The Kier molecular flexibility index (Phi) is 5.27. The molecule has 0 radical (unpaired) electrons. The standard InChI is InChI=1S/C9H8Cl2F3NO2S/c10-6-3-5(7(11)18-6)8(17)15(1-2-16)4-9(12,13)14/h3,16H,1-2,4H2. The van der Waals surface area contributed by atoms with Gasteiger partial charge < -0.3 is 10.0 Å². The zero-order valence-electron chi connectivity index (χ0n) is 8.80. The van der Waals surface area contributed by atoms with Gasteiger partial charge >= 0.3 is 6.18 Å². The van der Waals surface area contributed by atoms with Crippen LogP contribution in [0.15, 0.2) is 6.07 Å². The molecule has 0 atom stereocenters. The van der Waals surface area contributed by atoms with E-state index in [-0.39, 0.29) is 14.2 Å². The van der Waals surface area contributed by atoms with E-state index in [1.165, 1.54) is 6.07 Å². The second-order valence-electron chi connectivity index (χ2n) is 3.30. The lowest BCUT2D eigenvalue weighted by atomic mass is 10.3. The van der Waals surface area contributed by atoms with Crippen molar-refractivity contribution in [3.05, 3.63) is 20.3 Å². The molecule has 0 spiro atoms. The van der Waals surface area contributed by atoms with Crippen LogP contribution >= 0.6 is 34.5 Å². The zero-order valence-corrected chi connectivity index (χ0v) is 11.1. The van der Waals surface area contributed by atoms with Crippen LogP contribution in [-0.2, 0) is 0 Å². The minimum Gasteiger partial charge on any atom is -0.395 e. The molecule has 0 saturated heterocycles. The summed E-state index contributed by atoms with van der Waals surface area (Å²) in [6, 6.07) is 1.21. The van der Waals surface area contributed by atoms with Gasteiger partial charge in [-0.15, -0.1) is 11.3 Å². The molecule has 0 aliphatic rings. The maximum absolute atomic E-state index is 12.3. The van der Waals surface area contributed by atoms with Crippen molar-refractivity contribution in [1.82, 2.24) is 4.90 Å². The predicted molar refractivity (Wildman–Crippen MR) is 63.4 cm³/mol. The number of hydrogen-bond donors (Lipinski definition) is 1. The van der Waals surface area contributed by atoms with Gasteiger partial charge in [0, 0.05) is 6.54 Å². The Morgan fingerprint density at radius 2 is 2.06 bits per heavy atom. The van der Waals surface area contributed by atoms with Crippen LogP contribution in [0.5, 0.6) is 0 Å². The molecule has 0 fully saturated rings. The highest BCUT2D eigenvalue weighted by molar-refractivity contribution is 7.20. The fourth-order valence-corrected chi connectivity index (χ4v) is 2.69. The van der Waals surface area contributed by atoms with Crippen molar-refractivity contribution in [3.63, 3.8) is 0 Å². The number of alkyl halides is 3. The summed E-state index contributed by atoms with van der Waals surface area (Å²) in [5.41, 5.74) is -0.0932. The Morgan fingerprint density at radius 3 is 2.44 bits per heavy atom. The van der Waals surface area contributed by atoms with E-state index in [1.54, 1.807) is 0 Å². The number of thiophene rings is 1. The van der Waals surface area contributed by atoms with Crippen LogP contribution in [0.3, 0.4) is 0 Å². The number of aliphatic hydroxyl groups is 1. The number of halogens is 5. The van der Waals surface area contributed by atoms with E-state index in [0.29, 0.717) is 4.90 Å². The van der Waals surface area contributed by atoms with E-state index in [4.69, 9.17) is 28.3 Å². The van der Waals surface area contributed by atoms with Crippen molar-refractivity contribution in [1.29, 1.82) is 0 Å². The molecular formula is C9H8Cl2F3NO2S. The summed E-state index contributed by atoms with van der Waals surface area (Å²) in [5, 5.41) is 8.69. The predicted octanol–water partition coefficient (Wildman–Crippen LogP) is 3.05. The molecule has 0 aliphatic carbocycles. The summed E-state index contributed by atoms with van der Waals surface area (Å²) in [6.07, 6.45) is -4.54. The smallest absolute Gasteiger partial charge is 0.395 e. The molecule has 0 unspecified atom stereocenters. The number of carbonyl (C=O) groups excluding carboxylic acids is 1. The van der Waals surface area contributed by atoms with E-state index in [9.17, 15) is 18.0 Å². The zero-order chi connectivity index (χ0) is 13.9. The van der Waals surface area contributed by atoms with Gasteiger partial charge in [-0.05, 0) is 6.07 Å². The largest absolute Gasteiger partial charge is 0.406 e. The molecule has 1 aromatic heterocycles. The van der Waals surface area contributed by atoms with E-state index >= 15 is 0 Å². The number of carbonyl (C=O) groups is 1. The number of amides is 1. The Bertz CT molecular complexity index is 436. The molecule has 9 heteroatoms. The van der Waals surface area contributed by atoms with Crippen LogP contribution in [0.1, 0.15) is 10.4 Å². The first-order chi connectivity index (χ1) is 8.24. The number of aliphatic hydroxyl groups excluding tert-OH is 1. The normalized spacial score (nSPS) is 11.7. The number of rotatable bonds is 4. The van der Waals surface area contributed by atoms with E-state index < -0.39 is 31.8 Å². The molecule has 0 aromatic carbocycles. The third kappa shape index (κ3) is 4.31. The third-order valence-electron chi connectivity index (χ3n) is 1.91. The molecule has 0 bridgehead atoms. The minimum absolute atomic E-state index is 0.0233. The first kappa shape index (κ1) is 15.6. The van der Waals surface area contributed by atoms with Crippen molar-refractivity contribution in [3.8, 4) is 0 Å². The topological polar surface area (TPSA) is 40.5 Å². The van der Waals surface area contributed by atoms with Gasteiger partial charge in [0.1, 0.15) is 10.9 Å². The third-order valence-corrected chi connectivity index (χ3v) is 3.40. The molecule has 102 valence electrons. The van der Waals surface area contributed by atoms with Gasteiger partial charge in [0.05, 0.1) is 16.5 Å². The summed E-state index contributed by atoms with van der Waals surface area (Å²) in [7, 11) is 0. The minimum atomic E-state index is -4.54. The highest BCUT2D eigenvalue weighted by Gasteiger charge is 2.34. The van der Waals surface area contributed by atoms with Crippen molar-refractivity contribution in [2.24, 2.45) is 0 Å². The summed E-state index contributed by atoms with van der Waals surface area (Å²) in [5.74, 6) is -0.908. The van der Waals surface area contributed by atoms with Gasteiger partial charge in [-0.2, -0.15) is 13.2 Å². The molecule has 0 saturated carbocycles. The van der Waals surface area contributed by atoms with Crippen molar-refractivity contribution in [2.75, 3.05) is 19.7 Å². The maximum atomic E-state index is 12.3. The molecular weight excluding hydrogens is 314 g/mol. The van der Waals surface area contributed by atoms with E-state index in [2.05, 4.69) is 0 Å². The van der Waals surface area contributed by atoms with Crippen LogP contribution < -0.4 is 0 Å². The highest BCUT2D eigenvalue weighted by atomic mass is 35.5. The summed E-state index contributed by atoms with van der Waals surface area (Å²) >= 11 is 12.2. The molecule has 0 aliphatic heterocycles. The first-order valence-electron chi connectivity index (χ1n) is 4.66. The summed E-state index contributed by atoms with van der Waals surface area (Å²) in [6.45, 7) is -2.45. The molecule has 1 heterocycles. The van der Waals surface area contributed by atoms with Gasteiger partial charge in [-0.25, -0.2) is 0 Å². The fourth-order valence-electron chi connectivity index (χ4n) is 1.25. The highest BCUT2D eigenvalue weighted by Crippen LogP contribution is 2.32. The SMILES string of the molecule is O=C(c1cc(Cl)sc1Cl)N(CCO)CC(F)(F)F. The van der Waals surface area contributed by atoms with Gasteiger partial charge in [0.25, 0.3) is 5.91 Å². The van der Waals surface area contributed by atoms with Crippen molar-refractivity contribution < 1.29 is 23.1 Å². The van der Waals surface area contributed by atoms with Crippen LogP contribution in [0, 0.1) is 0 Å². The maximum Gasteiger partial charge on any atom is 0.406 e. The fraction of sp³-hybridized carbons (Fsp3) is 0.444. The first-order valence-corrected chi connectivity index (χ1v) is 6.23. The lowest BCUT2D eigenvalue weighted by Crippen LogP contribution is -2.40.